The van der Waals surface area contributed by atoms with Gasteiger partial charge in [-0.3, -0.25) is 0 Å². The van der Waals surface area contributed by atoms with Gasteiger partial charge in [0.2, 0.25) is 0 Å². The third-order valence-electron chi connectivity index (χ3n) is 4.39. The van der Waals surface area contributed by atoms with E-state index >= 15 is 0 Å². The molecule has 1 aliphatic carbocycles. The molecule has 18 heavy (non-hydrogen) atoms. The number of carbonyl (C=O) groups is 2. The Balaban J connectivity index is 2.04. The van der Waals surface area contributed by atoms with Gasteiger partial charge in [-0.25, -0.2) is 9.59 Å². The van der Waals surface area contributed by atoms with E-state index < -0.39 is 11.5 Å². The smallest absolute Gasteiger partial charge is 0.329 e. The molecule has 2 fully saturated rings. The van der Waals surface area contributed by atoms with Crippen molar-refractivity contribution in [3.63, 3.8) is 0 Å². The molecule has 0 radical (unpaired) electrons. The minimum absolute atomic E-state index is 0.194. The van der Waals surface area contributed by atoms with E-state index in [1.54, 1.807) is 0 Å². The molecule has 102 valence electrons. The molecule has 0 aromatic rings. The Morgan fingerprint density at radius 3 is 2.11 bits per heavy atom. The van der Waals surface area contributed by atoms with Crippen molar-refractivity contribution in [3.8, 4) is 0 Å². The number of likely N-dealkylation sites (tertiary alicyclic amines) is 1. The number of rotatable bonds is 2. The molecule has 5 nitrogen and oxygen atoms in total. The second kappa shape index (κ2) is 4.78. The lowest BCUT2D eigenvalue weighted by Gasteiger charge is -2.44. The highest BCUT2D eigenvalue weighted by molar-refractivity contribution is 5.87. The van der Waals surface area contributed by atoms with Crippen LogP contribution in [0, 0.1) is 0 Å². The van der Waals surface area contributed by atoms with Crippen LogP contribution in [0.2, 0.25) is 0 Å². The Labute approximate surface area is 108 Å². The third-order valence-corrected chi connectivity index (χ3v) is 4.39. The number of urea groups is 1. The van der Waals surface area contributed by atoms with Crippen LogP contribution in [0.3, 0.4) is 0 Å². The topological polar surface area (TPSA) is 69.6 Å². The van der Waals surface area contributed by atoms with Gasteiger partial charge in [0.1, 0.15) is 5.54 Å². The van der Waals surface area contributed by atoms with Gasteiger partial charge in [-0.05, 0) is 52.4 Å². The largest absolute Gasteiger partial charge is 0.480 e. The number of piperidine rings is 1. The van der Waals surface area contributed by atoms with Crippen LogP contribution in [-0.4, -0.2) is 39.6 Å². The lowest BCUT2D eigenvalue weighted by Crippen LogP contribution is -2.64. The maximum atomic E-state index is 12.3. The van der Waals surface area contributed by atoms with E-state index in [9.17, 15) is 14.7 Å². The highest BCUT2D eigenvalue weighted by Gasteiger charge is 2.47. The van der Waals surface area contributed by atoms with Gasteiger partial charge < -0.3 is 15.3 Å². The minimum atomic E-state index is -1.01. The molecule has 2 atom stereocenters. The first-order chi connectivity index (χ1) is 8.46. The van der Waals surface area contributed by atoms with Crippen molar-refractivity contribution >= 4 is 12.0 Å². The van der Waals surface area contributed by atoms with Gasteiger partial charge in [0, 0.05) is 12.1 Å². The first-order valence-corrected chi connectivity index (χ1v) is 6.80. The van der Waals surface area contributed by atoms with Crippen LogP contribution in [0.15, 0.2) is 0 Å². The number of aliphatic carboxylic acids is 1. The van der Waals surface area contributed by atoms with Crippen molar-refractivity contribution in [2.75, 3.05) is 0 Å². The van der Waals surface area contributed by atoms with Crippen LogP contribution in [0.5, 0.6) is 0 Å². The number of carbonyl (C=O) groups excluding carboxylic acids is 1. The van der Waals surface area contributed by atoms with Gasteiger partial charge in [-0.1, -0.05) is 0 Å². The molecule has 2 aliphatic rings. The van der Waals surface area contributed by atoms with E-state index in [4.69, 9.17) is 0 Å². The maximum absolute atomic E-state index is 12.3. The number of carboxylic acids is 1. The Morgan fingerprint density at radius 1 is 1.17 bits per heavy atom. The van der Waals surface area contributed by atoms with Gasteiger partial charge in [-0.15, -0.1) is 0 Å². The standard InChI is InChI=1S/C13H22N2O3/c1-9-5-3-6-10(2)15(9)12(18)14-13(11(16)17)7-4-8-13/h9-10H,3-8H2,1-2H3,(H,14,18)(H,16,17). The van der Waals surface area contributed by atoms with Crippen molar-refractivity contribution in [2.45, 2.75) is 70.0 Å². The fourth-order valence-corrected chi connectivity index (χ4v) is 3.01. The molecule has 0 aromatic heterocycles. The van der Waals surface area contributed by atoms with Crippen LogP contribution in [-0.2, 0) is 4.79 Å². The molecular formula is C13H22N2O3. The lowest BCUT2D eigenvalue weighted by atomic mass is 9.77. The first-order valence-electron chi connectivity index (χ1n) is 6.80. The van der Waals surface area contributed by atoms with Crippen LogP contribution >= 0.6 is 0 Å². The molecule has 0 spiro atoms. The lowest BCUT2D eigenvalue weighted by molar-refractivity contribution is -0.148. The number of hydrogen-bond acceptors (Lipinski definition) is 2. The van der Waals surface area contributed by atoms with Crippen LogP contribution in [0.4, 0.5) is 4.79 Å². The molecule has 2 rings (SSSR count). The minimum Gasteiger partial charge on any atom is -0.480 e. The van der Waals surface area contributed by atoms with Gasteiger partial charge in [0.05, 0.1) is 0 Å². The molecule has 2 amide bonds. The second-order valence-corrected chi connectivity index (χ2v) is 5.71. The summed E-state index contributed by atoms with van der Waals surface area (Å²) in [5, 5.41) is 12.0. The predicted octanol–water partition coefficient (Wildman–Crippen LogP) is 1.97. The molecular weight excluding hydrogens is 232 g/mol. The van der Waals surface area contributed by atoms with Crippen molar-refractivity contribution in [2.24, 2.45) is 0 Å². The van der Waals surface area contributed by atoms with Crippen LogP contribution in [0.1, 0.15) is 52.4 Å². The average molecular weight is 254 g/mol. The molecule has 5 heteroatoms. The van der Waals surface area contributed by atoms with Gasteiger partial charge >= 0.3 is 12.0 Å². The zero-order valence-electron chi connectivity index (χ0n) is 11.1. The molecule has 2 unspecified atom stereocenters. The summed E-state index contributed by atoms with van der Waals surface area (Å²) >= 11 is 0. The summed E-state index contributed by atoms with van der Waals surface area (Å²) in [7, 11) is 0. The number of carboxylic acid groups (broad SMARTS) is 1. The van der Waals surface area contributed by atoms with E-state index in [0.29, 0.717) is 12.8 Å². The van der Waals surface area contributed by atoms with Gasteiger partial charge in [-0.2, -0.15) is 0 Å². The zero-order chi connectivity index (χ0) is 13.3. The normalized spacial score (nSPS) is 30.4. The summed E-state index contributed by atoms with van der Waals surface area (Å²) < 4.78 is 0. The van der Waals surface area contributed by atoms with Crippen LogP contribution in [0.25, 0.3) is 0 Å². The quantitative estimate of drug-likeness (QED) is 0.791. The Hall–Kier alpha value is -1.26. The molecule has 0 aromatic carbocycles. The molecule has 2 N–H and O–H groups in total. The van der Waals surface area contributed by atoms with E-state index in [1.807, 2.05) is 18.7 Å². The Bertz CT molecular complexity index is 342. The van der Waals surface area contributed by atoms with E-state index in [-0.39, 0.29) is 18.1 Å². The Kier molecular flexibility index (Phi) is 3.50. The van der Waals surface area contributed by atoms with Gasteiger partial charge in [0.25, 0.3) is 0 Å². The van der Waals surface area contributed by atoms with Crippen molar-refractivity contribution < 1.29 is 14.7 Å². The average Bonchev–Trinajstić information content (AvgIpc) is 2.22. The SMILES string of the molecule is CC1CCCC(C)N1C(=O)NC1(C(=O)O)CCC1. The number of nitrogens with zero attached hydrogens (tertiary/aromatic N) is 1. The zero-order valence-corrected chi connectivity index (χ0v) is 11.1. The van der Waals surface area contributed by atoms with Gasteiger partial charge in [0.15, 0.2) is 0 Å². The van der Waals surface area contributed by atoms with Crippen LogP contribution < -0.4 is 5.32 Å². The molecule has 0 bridgehead atoms. The summed E-state index contributed by atoms with van der Waals surface area (Å²) in [6, 6.07) is 0.177. The second-order valence-electron chi connectivity index (χ2n) is 5.71. The van der Waals surface area contributed by atoms with Crippen molar-refractivity contribution in [1.29, 1.82) is 0 Å². The van der Waals surface area contributed by atoms with Crippen molar-refractivity contribution in [1.82, 2.24) is 10.2 Å². The highest BCUT2D eigenvalue weighted by atomic mass is 16.4. The number of amides is 2. The summed E-state index contributed by atoms with van der Waals surface area (Å²) in [5.74, 6) is -0.903. The van der Waals surface area contributed by atoms with E-state index in [1.165, 1.54) is 0 Å². The summed E-state index contributed by atoms with van der Waals surface area (Å²) in [6.45, 7) is 4.06. The predicted molar refractivity (Wildman–Crippen MR) is 67.4 cm³/mol. The number of hydrogen-bond donors (Lipinski definition) is 2. The fourth-order valence-electron chi connectivity index (χ4n) is 3.01. The molecule has 1 saturated carbocycles. The van der Waals surface area contributed by atoms with E-state index in [0.717, 1.165) is 25.7 Å². The highest BCUT2D eigenvalue weighted by Crippen LogP contribution is 2.33. The molecule has 1 aliphatic heterocycles. The van der Waals surface area contributed by atoms with Crippen molar-refractivity contribution in [3.05, 3.63) is 0 Å². The third kappa shape index (κ3) is 2.18. The summed E-state index contributed by atoms with van der Waals surface area (Å²) in [6.07, 6.45) is 5.10. The summed E-state index contributed by atoms with van der Waals surface area (Å²) in [5.41, 5.74) is -1.01. The monoisotopic (exact) mass is 254 g/mol. The Morgan fingerprint density at radius 2 is 1.72 bits per heavy atom. The van der Waals surface area contributed by atoms with E-state index in [2.05, 4.69) is 5.32 Å². The first kappa shape index (κ1) is 13.2. The fraction of sp³-hybridized carbons (Fsp3) is 0.846. The molecule has 1 heterocycles. The summed E-state index contributed by atoms with van der Waals surface area (Å²) in [4.78, 5) is 25.3. The molecule has 1 saturated heterocycles. The maximum Gasteiger partial charge on any atom is 0.329 e. The number of nitrogens with one attached hydrogen (secondary N) is 1.